The van der Waals surface area contributed by atoms with Crippen LogP contribution in [0.15, 0.2) is 36.4 Å². The number of hydrogen-bond donors (Lipinski definition) is 1. The van der Waals surface area contributed by atoms with Crippen molar-refractivity contribution in [1.82, 2.24) is 0 Å². The van der Waals surface area contributed by atoms with Crippen molar-refractivity contribution in [2.75, 3.05) is 24.2 Å². The van der Waals surface area contributed by atoms with E-state index in [2.05, 4.69) is 0 Å². The summed E-state index contributed by atoms with van der Waals surface area (Å²) in [5.74, 6) is -0.219. The number of likely N-dealkylation sites (N-methyl/N-ethyl adjacent to an activating group) is 1. The van der Waals surface area contributed by atoms with Crippen LogP contribution < -0.4 is 4.90 Å². The van der Waals surface area contributed by atoms with Crippen LogP contribution in [0.2, 0.25) is 0 Å². The molecule has 1 rings (SSSR count). The molecule has 0 aliphatic heterocycles. The van der Waals surface area contributed by atoms with Crippen molar-refractivity contribution in [3.8, 4) is 0 Å². The molecule has 6 heteroatoms. The van der Waals surface area contributed by atoms with Gasteiger partial charge in [-0.15, -0.1) is 0 Å². The molecule has 0 heterocycles. The van der Waals surface area contributed by atoms with E-state index in [1.165, 1.54) is 12.2 Å². The molecule has 0 fully saturated rings. The van der Waals surface area contributed by atoms with Gasteiger partial charge in [0.2, 0.25) is 0 Å². The number of aryl methyl sites for hydroxylation is 1. The van der Waals surface area contributed by atoms with Crippen molar-refractivity contribution in [2.24, 2.45) is 0 Å². The summed E-state index contributed by atoms with van der Waals surface area (Å²) in [7, 11) is -3.63. The number of amides is 1. The van der Waals surface area contributed by atoms with Gasteiger partial charge in [0.1, 0.15) is 0 Å². The number of nitrogens with zero attached hydrogens (tertiary/aromatic N) is 1. The number of para-hydroxylation sites is 1. The second-order valence-electron chi connectivity index (χ2n) is 4.51. The molecule has 0 aliphatic rings. The number of carbonyl (C=O) groups is 1. The van der Waals surface area contributed by atoms with Crippen molar-refractivity contribution in [3.05, 3.63) is 42.0 Å². The Hall–Kier alpha value is -1.42. The fraction of sp³-hybridized carbons (Fsp3) is 0.400. The third-order valence-electron chi connectivity index (χ3n) is 2.92. The van der Waals surface area contributed by atoms with Crippen molar-refractivity contribution in [3.63, 3.8) is 0 Å². The van der Waals surface area contributed by atoms with Crippen LogP contribution >= 0.6 is 7.60 Å². The number of rotatable bonds is 7. The van der Waals surface area contributed by atoms with Crippen LogP contribution in [0.5, 0.6) is 0 Å². The molecular weight excluding hydrogens is 289 g/mol. The Kier molecular flexibility index (Phi) is 6.82. The minimum atomic E-state index is -3.63. The van der Waals surface area contributed by atoms with Gasteiger partial charge in [0.25, 0.3) is 5.91 Å². The largest absolute Gasteiger partial charge is 0.331 e. The zero-order chi connectivity index (χ0) is 15.9. The molecule has 1 aromatic rings. The first-order valence-corrected chi connectivity index (χ1v) is 8.67. The molecule has 0 bridgehead atoms. The van der Waals surface area contributed by atoms with E-state index in [4.69, 9.17) is 4.52 Å². The van der Waals surface area contributed by atoms with Gasteiger partial charge >= 0.3 is 7.60 Å². The fourth-order valence-electron chi connectivity index (χ4n) is 1.94. The summed E-state index contributed by atoms with van der Waals surface area (Å²) in [4.78, 5) is 23.3. The molecule has 1 aromatic carbocycles. The number of carbonyl (C=O) groups excluding carboxylic acids is 1. The zero-order valence-corrected chi connectivity index (χ0v) is 13.5. The molecule has 1 unspecified atom stereocenters. The molecule has 0 aliphatic carbocycles. The predicted molar refractivity (Wildman–Crippen MR) is 84.7 cm³/mol. The summed E-state index contributed by atoms with van der Waals surface area (Å²) >= 11 is 0. The van der Waals surface area contributed by atoms with E-state index in [-0.39, 0.29) is 18.7 Å². The summed E-state index contributed by atoms with van der Waals surface area (Å²) in [6.45, 7) is 6.16. The standard InChI is InChI=1S/C15H22NO4P/c1-4-16(14-10-7-6-9-13(14)3)15(17)11-8-12-21(18,19)20-5-2/h6-11H,4-5,12H2,1-3H3,(H,18,19)/b11-8+. The highest BCUT2D eigenvalue weighted by atomic mass is 31.2. The van der Waals surface area contributed by atoms with Crippen molar-refractivity contribution < 1.29 is 18.8 Å². The second kappa shape index (κ2) is 8.13. The van der Waals surface area contributed by atoms with Gasteiger partial charge in [-0.1, -0.05) is 24.3 Å². The highest BCUT2D eigenvalue weighted by Gasteiger charge is 2.17. The van der Waals surface area contributed by atoms with Gasteiger partial charge in [0, 0.05) is 18.3 Å². The SMILES string of the molecule is CCOP(=O)(O)C/C=C/C(=O)N(CC)c1ccccc1C. The van der Waals surface area contributed by atoms with E-state index in [0.29, 0.717) is 6.54 Å². The maximum atomic E-state index is 12.2. The Bertz CT molecular complexity index is 556. The van der Waals surface area contributed by atoms with Crippen LogP contribution in [0.1, 0.15) is 19.4 Å². The summed E-state index contributed by atoms with van der Waals surface area (Å²) in [6.07, 6.45) is 2.54. The molecule has 1 atom stereocenters. The summed E-state index contributed by atoms with van der Waals surface area (Å²) in [5.41, 5.74) is 1.84. The highest BCUT2D eigenvalue weighted by Crippen LogP contribution is 2.41. The number of anilines is 1. The number of hydrogen-bond acceptors (Lipinski definition) is 3. The molecule has 5 nitrogen and oxygen atoms in total. The first-order chi connectivity index (χ1) is 9.91. The van der Waals surface area contributed by atoms with Crippen molar-refractivity contribution >= 4 is 19.2 Å². The van der Waals surface area contributed by atoms with Crippen LogP contribution in [0.3, 0.4) is 0 Å². The Morgan fingerprint density at radius 2 is 2.05 bits per heavy atom. The Morgan fingerprint density at radius 3 is 2.62 bits per heavy atom. The normalized spacial score (nSPS) is 14.1. The molecular formula is C15H22NO4P. The lowest BCUT2D eigenvalue weighted by Crippen LogP contribution is -2.29. The maximum Gasteiger partial charge on any atom is 0.331 e. The Morgan fingerprint density at radius 1 is 1.38 bits per heavy atom. The molecule has 0 saturated heterocycles. The van der Waals surface area contributed by atoms with Crippen molar-refractivity contribution in [1.29, 1.82) is 0 Å². The van der Waals surface area contributed by atoms with Crippen LogP contribution in [0.25, 0.3) is 0 Å². The van der Waals surface area contributed by atoms with E-state index in [1.54, 1.807) is 11.8 Å². The van der Waals surface area contributed by atoms with Gasteiger partial charge in [0.05, 0.1) is 12.8 Å². The summed E-state index contributed by atoms with van der Waals surface area (Å²) in [5, 5.41) is 0. The van der Waals surface area contributed by atoms with Crippen LogP contribution in [0.4, 0.5) is 5.69 Å². The number of allylic oxidation sites excluding steroid dienone is 1. The minimum Gasteiger partial charge on any atom is -0.324 e. The zero-order valence-electron chi connectivity index (χ0n) is 12.7. The van der Waals surface area contributed by atoms with Gasteiger partial charge < -0.3 is 14.3 Å². The third-order valence-corrected chi connectivity index (χ3v) is 4.25. The molecule has 21 heavy (non-hydrogen) atoms. The van der Waals surface area contributed by atoms with Gasteiger partial charge in [-0.25, -0.2) is 0 Å². The average Bonchev–Trinajstić information content (AvgIpc) is 2.41. The molecule has 0 saturated carbocycles. The maximum absolute atomic E-state index is 12.2. The molecule has 1 amide bonds. The summed E-state index contributed by atoms with van der Waals surface area (Å²) in [6, 6.07) is 7.60. The average molecular weight is 311 g/mol. The molecule has 1 N–H and O–H groups in total. The topological polar surface area (TPSA) is 66.8 Å². The fourth-order valence-corrected chi connectivity index (χ4v) is 2.82. The van der Waals surface area contributed by atoms with E-state index >= 15 is 0 Å². The molecule has 0 spiro atoms. The first kappa shape index (κ1) is 17.6. The Labute approximate surface area is 125 Å². The van der Waals surface area contributed by atoms with Crippen LogP contribution in [0, 0.1) is 6.92 Å². The molecule has 0 radical (unpaired) electrons. The highest BCUT2D eigenvalue weighted by molar-refractivity contribution is 7.53. The molecule has 0 aromatic heterocycles. The van der Waals surface area contributed by atoms with Crippen molar-refractivity contribution in [2.45, 2.75) is 20.8 Å². The lowest BCUT2D eigenvalue weighted by molar-refractivity contribution is -0.114. The van der Waals surface area contributed by atoms with Crippen LogP contribution in [-0.2, 0) is 13.9 Å². The Balaban J connectivity index is 2.77. The predicted octanol–water partition coefficient (Wildman–Crippen LogP) is 3.13. The molecule has 116 valence electrons. The van der Waals surface area contributed by atoms with E-state index < -0.39 is 7.60 Å². The van der Waals surface area contributed by atoms with E-state index in [0.717, 1.165) is 11.3 Å². The van der Waals surface area contributed by atoms with Gasteiger partial charge in [-0.05, 0) is 32.4 Å². The van der Waals surface area contributed by atoms with Gasteiger partial charge in [-0.3, -0.25) is 9.36 Å². The van der Waals surface area contributed by atoms with Crippen LogP contribution in [-0.4, -0.2) is 30.1 Å². The lowest BCUT2D eigenvalue weighted by atomic mass is 10.2. The second-order valence-corrected chi connectivity index (χ2v) is 6.41. The van der Waals surface area contributed by atoms with Gasteiger partial charge in [-0.2, -0.15) is 0 Å². The van der Waals surface area contributed by atoms with E-state index in [9.17, 15) is 14.3 Å². The number of benzene rings is 1. The summed E-state index contributed by atoms with van der Waals surface area (Å²) < 4.78 is 16.3. The smallest absolute Gasteiger partial charge is 0.324 e. The third kappa shape index (κ3) is 5.46. The lowest BCUT2D eigenvalue weighted by Gasteiger charge is -2.21. The van der Waals surface area contributed by atoms with Gasteiger partial charge in [0.15, 0.2) is 0 Å². The quantitative estimate of drug-likeness (QED) is 0.620. The first-order valence-electron chi connectivity index (χ1n) is 6.91. The minimum absolute atomic E-state index is 0.167. The monoisotopic (exact) mass is 311 g/mol. The van der Waals surface area contributed by atoms with E-state index in [1.807, 2.05) is 38.1 Å².